The molecule has 1 aromatic heterocycles. The van der Waals surface area contributed by atoms with Gasteiger partial charge in [-0.1, -0.05) is 0 Å². The van der Waals surface area contributed by atoms with Crippen molar-refractivity contribution in [3.63, 3.8) is 0 Å². The Morgan fingerprint density at radius 2 is 2.08 bits per heavy atom. The number of halogens is 1. The van der Waals surface area contributed by atoms with Gasteiger partial charge in [-0.05, 0) is 18.2 Å². The van der Waals surface area contributed by atoms with Gasteiger partial charge in [0.2, 0.25) is 0 Å². The molecule has 0 aliphatic heterocycles. The third-order valence-electron chi connectivity index (χ3n) is 1.95. The molecule has 66 valence electrons. The topological polar surface area (TPSA) is 56.2 Å². The normalized spacial score (nSPS) is 10.7. The highest BCUT2D eigenvalue weighted by Crippen LogP contribution is 2.11. The number of benzene rings is 1. The second-order valence-corrected chi connectivity index (χ2v) is 2.81. The molecular formula is C8H7BFNO2. The van der Waals surface area contributed by atoms with Crippen molar-refractivity contribution in [1.29, 1.82) is 0 Å². The fourth-order valence-electron chi connectivity index (χ4n) is 1.33. The van der Waals surface area contributed by atoms with Crippen molar-refractivity contribution in [2.45, 2.75) is 0 Å². The highest BCUT2D eigenvalue weighted by Gasteiger charge is 2.16. The van der Waals surface area contributed by atoms with Gasteiger partial charge in [0.15, 0.2) is 0 Å². The zero-order chi connectivity index (χ0) is 9.42. The van der Waals surface area contributed by atoms with E-state index in [-0.39, 0.29) is 5.46 Å². The molecule has 0 amide bonds. The highest BCUT2D eigenvalue weighted by molar-refractivity contribution is 6.62. The van der Waals surface area contributed by atoms with Gasteiger partial charge in [-0.3, -0.25) is 0 Å². The molecule has 13 heavy (non-hydrogen) atoms. The molecule has 0 aliphatic carbocycles. The summed E-state index contributed by atoms with van der Waals surface area (Å²) in [6.07, 6.45) is 1.45. The van der Waals surface area contributed by atoms with Gasteiger partial charge >= 0.3 is 7.12 Å². The van der Waals surface area contributed by atoms with Crippen LogP contribution in [0.1, 0.15) is 0 Å². The summed E-state index contributed by atoms with van der Waals surface area (Å²) in [6, 6.07) is 4.13. The average molecular weight is 179 g/mol. The predicted molar refractivity (Wildman–Crippen MR) is 48.1 cm³/mol. The first-order chi connectivity index (χ1) is 6.18. The Morgan fingerprint density at radius 1 is 1.31 bits per heavy atom. The molecule has 0 atom stereocenters. The molecule has 3 N–H and O–H groups in total. The van der Waals surface area contributed by atoms with Gasteiger partial charge in [0.1, 0.15) is 5.82 Å². The maximum Gasteiger partial charge on any atom is 0.490 e. The highest BCUT2D eigenvalue weighted by atomic mass is 19.1. The zero-order valence-corrected chi connectivity index (χ0v) is 6.66. The number of hydrogen-bond acceptors (Lipinski definition) is 2. The lowest BCUT2D eigenvalue weighted by atomic mass is 9.80. The number of rotatable bonds is 1. The third kappa shape index (κ3) is 1.32. The van der Waals surface area contributed by atoms with E-state index in [1.807, 2.05) is 0 Å². The minimum absolute atomic E-state index is 0.287. The van der Waals surface area contributed by atoms with E-state index < -0.39 is 12.9 Å². The lowest BCUT2D eigenvalue weighted by molar-refractivity contribution is 0.426. The van der Waals surface area contributed by atoms with Crippen molar-refractivity contribution in [2.75, 3.05) is 0 Å². The molecule has 5 heteroatoms. The summed E-state index contributed by atoms with van der Waals surface area (Å²) < 4.78 is 12.8. The minimum Gasteiger partial charge on any atom is -0.423 e. The van der Waals surface area contributed by atoms with Crippen LogP contribution in [0.4, 0.5) is 4.39 Å². The third-order valence-corrected chi connectivity index (χ3v) is 1.95. The Kier molecular flexibility index (Phi) is 1.83. The first-order valence-corrected chi connectivity index (χ1v) is 3.81. The largest absolute Gasteiger partial charge is 0.490 e. The molecule has 2 rings (SSSR count). The average Bonchev–Trinajstić information content (AvgIpc) is 2.46. The summed E-state index contributed by atoms with van der Waals surface area (Å²) in [4.78, 5) is 2.81. The molecule has 0 unspecified atom stereocenters. The maximum atomic E-state index is 12.8. The lowest BCUT2D eigenvalue weighted by Gasteiger charge is -1.95. The van der Waals surface area contributed by atoms with E-state index in [1.165, 1.54) is 18.3 Å². The van der Waals surface area contributed by atoms with Gasteiger partial charge in [-0.15, -0.1) is 0 Å². The smallest absolute Gasteiger partial charge is 0.423 e. The summed E-state index contributed by atoms with van der Waals surface area (Å²) >= 11 is 0. The molecule has 3 nitrogen and oxygen atoms in total. The molecule has 1 heterocycles. The molecule has 0 saturated heterocycles. The Morgan fingerprint density at radius 3 is 2.77 bits per heavy atom. The van der Waals surface area contributed by atoms with Crippen molar-refractivity contribution in [3.05, 3.63) is 30.2 Å². The molecule has 0 aliphatic rings. The molecule has 0 radical (unpaired) electrons. The van der Waals surface area contributed by atoms with E-state index in [4.69, 9.17) is 10.0 Å². The van der Waals surface area contributed by atoms with Gasteiger partial charge < -0.3 is 15.0 Å². The van der Waals surface area contributed by atoms with Gasteiger partial charge in [0.25, 0.3) is 0 Å². The van der Waals surface area contributed by atoms with Gasteiger partial charge in [-0.2, -0.15) is 0 Å². The summed E-state index contributed by atoms with van der Waals surface area (Å²) in [5.74, 6) is -0.394. The van der Waals surface area contributed by atoms with Crippen molar-refractivity contribution in [1.82, 2.24) is 4.98 Å². The van der Waals surface area contributed by atoms with E-state index in [0.717, 1.165) is 0 Å². The second-order valence-electron chi connectivity index (χ2n) is 2.81. The zero-order valence-electron chi connectivity index (χ0n) is 6.66. The monoisotopic (exact) mass is 179 g/mol. The summed E-state index contributed by atoms with van der Waals surface area (Å²) in [6.45, 7) is 0. The van der Waals surface area contributed by atoms with E-state index in [9.17, 15) is 4.39 Å². The fourth-order valence-corrected chi connectivity index (χ4v) is 1.33. The van der Waals surface area contributed by atoms with Crippen LogP contribution >= 0.6 is 0 Å². The van der Waals surface area contributed by atoms with E-state index >= 15 is 0 Å². The van der Waals surface area contributed by atoms with Gasteiger partial charge in [0.05, 0.1) is 0 Å². The fraction of sp³-hybridized carbons (Fsp3) is 0. The number of aromatic nitrogens is 1. The van der Waals surface area contributed by atoms with Crippen molar-refractivity contribution >= 4 is 23.5 Å². The second kappa shape index (κ2) is 2.87. The van der Waals surface area contributed by atoms with Crippen molar-refractivity contribution in [2.24, 2.45) is 0 Å². The number of hydrogen-bond donors (Lipinski definition) is 3. The van der Waals surface area contributed by atoms with Crippen LogP contribution in [-0.2, 0) is 0 Å². The van der Waals surface area contributed by atoms with Gasteiger partial charge in [0, 0.05) is 22.6 Å². The van der Waals surface area contributed by atoms with Crippen LogP contribution in [0.3, 0.4) is 0 Å². The maximum absolute atomic E-state index is 12.8. The van der Waals surface area contributed by atoms with Crippen molar-refractivity contribution < 1.29 is 14.4 Å². The first-order valence-electron chi connectivity index (χ1n) is 3.81. The summed E-state index contributed by atoms with van der Waals surface area (Å²) in [5, 5.41) is 18.3. The van der Waals surface area contributed by atoms with Crippen LogP contribution in [-0.4, -0.2) is 22.2 Å². The van der Waals surface area contributed by atoms with Crippen molar-refractivity contribution in [3.8, 4) is 0 Å². The molecule has 0 fully saturated rings. The Labute approximate surface area is 74.0 Å². The molecular weight excluding hydrogens is 172 g/mol. The predicted octanol–water partition coefficient (Wildman–Crippen LogP) is -0.0132. The van der Waals surface area contributed by atoms with Crippen LogP contribution in [0.15, 0.2) is 24.4 Å². The molecule has 0 bridgehead atoms. The van der Waals surface area contributed by atoms with Crippen LogP contribution in [0.2, 0.25) is 0 Å². The van der Waals surface area contributed by atoms with Crippen LogP contribution in [0, 0.1) is 5.82 Å². The number of nitrogens with one attached hydrogen (secondary N) is 1. The number of fused-ring (bicyclic) bond motifs is 1. The molecule has 2 aromatic rings. The van der Waals surface area contributed by atoms with E-state index in [0.29, 0.717) is 10.9 Å². The molecule has 0 saturated carbocycles. The minimum atomic E-state index is -1.57. The van der Waals surface area contributed by atoms with Crippen LogP contribution in [0.5, 0.6) is 0 Å². The van der Waals surface area contributed by atoms with E-state index in [1.54, 1.807) is 6.07 Å². The molecule has 1 aromatic carbocycles. The lowest BCUT2D eigenvalue weighted by Crippen LogP contribution is -2.28. The standard InChI is InChI=1S/C8H7BFNO2/c10-5-1-2-8-6(3-5)7(4-11-8)9(12)13/h1-4,11-13H. The SMILES string of the molecule is OB(O)c1c[nH]c2ccc(F)cc12. The first kappa shape index (κ1) is 8.28. The summed E-state index contributed by atoms with van der Waals surface area (Å²) in [7, 11) is -1.57. The van der Waals surface area contributed by atoms with Crippen LogP contribution in [0.25, 0.3) is 10.9 Å². The summed E-state index contributed by atoms with van der Waals surface area (Å²) in [5.41, 5.74) is 0.971. The Balaban J connectivity index is 2.71. The molecule has 0 spiro atoms. The number of aromatic amines is 1. The quantitative estimate of drug-likeness (QED) is 0.539. The van der Waals surface area contributed by atoms with E-state index in [2.05, 4.69) is 4.98 Å². The number of H-pyrrole nitrogens is 1. The Hall–Kier alpha value is -1.33. The van der Waals surface area contributed by atoms with Gasteiger partial charge in [-0.25, -0.2) is 4.39 Å². The van der Waals surface area contributed by atoms with Crippen LogP contribution < -0.4 is 5.46 Å². The Bertz CT molecular complexity index is 441.